The third kappa shape index (κ3) is 3.93. The van der Waals surface area contributed by atoms with Gasteiger partial charge in [-0.05, 0) is 28.8 Å². The summed E-state index contributed by atoms with van der Waals surface area (Å²) in [4.78, 5) is 17.8. The number of ether oxygens (including phenoxy) is 1. The number of hydrogen-bond acceptors (Lipinski definition) is 2. The first-order valence-electron chi connectivity index (χ1n) is 5.76. The van der Waals surface area contributed by atoms with Gasteiger partial charge in [0.2, 0.25) is 0 Å². The number of benzene rings is 2. The molecular weight excluding hydrogens is 263 g/mol. The number of hydrogen-bond donors (Lipinski definition) is 2. The van der Waals surface area contributed by atoms with Crippen molar-refractivity contribution in [3.63, 3.8) is 0 Å². The average Bonchev–Trinajstić information content (AvgIpc) is 2.38. The van der Waals surface area contributed by atoms with Gasteiger partial charge in [-0.1, -0.05) is 36.4 Å². The van der Waals surface area contributed by atoms with Gasteiger partial charge in [-0.2, -0.15) is 0 Å². The van der Waals surface area contributed by atoms with Crippen LogP contribution in [0.3, 0.4) is 0 Å². The molecule has 0 amide bonds. The fourth-order valence-corrected chi connectivity index (χ4v) is 2.51. The molecule has 0 atom stereocenters. The van der Waals surface area contributed by atoms with Crippen LogP contribution in [0.1, 0.15) is 5.56 Å². The summed E-state index contributed by atoms with van der Waals surface area (Å²) < 4.78 is 16.0. The van der Waals surface area contributed by atoms with E-state index in [1.54, 1.807) is 19.2 Å². The van der Waals surface area contributed by atoms with E-state index < -0.39 is 7.60 Å². The van der Waals surface area contributed by atoms with Crippen molar-refractivity contribution in [3.05, 3.63) is 54.1 Å². The van der Waals surface area contributed by atoms with Gasteiger partial charge in [0.15, 0.2) is 0 Å². The molecule has 0 aliphatic rings. The SMILES string of the molecule is COc1ccc(-c2ccc(CP(=O)(O)O)cc2)cc1. The van der Waals surface area contributed by atoms with Gasteiger partial charge >= 0.3 is 7.60 Å². The molecule has 0 aliphatic heterocycles. The molecule has 0 aliphatic carbocycles. The predicted molar refractivity (Wildman–Crippen MR) is 74.2 cm³/mol. The minimum Gasteiger partial charge on any atom is -0.497 e. The fraction of sp³-hybridized carbons (Fsp3) is 0.143. The lowest BCUT2D eigenvalue weighted by atomic mass is 10.0. The maximum atomic E-state index is 10.9. The van der Waals surface area contributed by atoms with Crippen LogP contribution in [-0.2, 0) is 10.7 Å². The minimum atomic E-state index is -4.00. The van der Waals surface area contributed by atoms with E-state index in [-0.39, 0.29) is 6.16 Å². The van der Waals surface area contributed by atoms with Crippen LogP contribution in [0.15, 0.2) is 48.5 Å². The van der Waals surface area contributed by atoms with Crippen molar-refractivity contribution in [1.82, 2.24) is 0 Å². The summed E-state index contributed by atoms with van der Waals surface area (Å²) in [5, 5.41) is 0. The van der Waals surface area contributed by atoms with Gasteiger partial charge in [-0.15, -0.1) is 0 Å². The molecule has 0 spiro atoms. The van der Waals surface area contributed by atoms with Crippen LogP contribution in [0.25, 0.3) is 11.1 Å². The van der Waals surface area contributed by atoms with Crippen LogP contribution in [0, 0.1) is 0 Å². The molecule has 4 nitrogen and oxygen atoms in total. The first-order chi connectivity index (χ1) is 8.98. The first-order valence-corrected chi connectivity index (χ1v) is 7.56. The second-order valence-corrected chi connectivity index (χ2v) is 5.89. The van der Waals surface area contributed by atoms with Crippen LogP contribution in [0.5, 0.6) is 5.75 Å². The Labute approximate surface area is 111 Å². The molecule has 0 fully saturated rings. The number of methoxy groups -OCH3 is 1. The molecule has 5 heteroatoms. The maximum absolute atomic E-state index is 10.9. The Hall–Kier alpha value is -1.61. The van der Waals surface area contributed by atoms with E-state index >= 15 is 0 Å². The Kier molecular flexibility index (Phi) is 4.05. The fourth-order valence-electron chi connectivity index (χ4n) is 1.82. The molecule has 2 N–H and O–H groups in total. The summed E-state index contributed by atoms with van der Waals surface area (Å²) in [5.74, 6) is 0.793. The van der Waals surface area contributed by atoms with E-state index in [9.17, 15) is 4.57 Å². The van der Waals surface area contributed by atoms with E-state index in [0.717, 1.165) is 16.9 Å². The lowest BCUT2D eigenvalue weighted by molar-refractivity contribution is 0.371. The average molecular weight is 278 g/mol. The molecule has 0 radical (unpaired) electrons. The molecule has 100 valence electrons. The van der Waals surface area contributed by atoms with Crippen LogP contribution >= 0.6 is 7.60 Å². The topological polar surface area (TPSA) is 66.8 Å². The van der Waals surface area contributed by atoms with E-state index in [1.165, 1.54) is 0 Å². The Bertz CT molecular complexity index is 584. The summed E-state index contributed by atoms with van der Waals surface area (Å²) in [6.45, 7) is 0. The van der Waals surface area contributed by atoms with Crippen LogP contribution < -0.4 is 4.74 Å². The smallest absolute Gasteiger partial charge is 0.329 e. The van der Waals surface area contributed by atoms with E-state index in [4.69, 9.17) is 14.5 Å². The van der Waals surface area contributed by atoms with Gasteiger partial charge in [-0.3, -0.25) is 4.57 Å². The Morgan fingerprint density at radius 3 is 1.84 bits per heavy atom. The molecule has 2 aromatic carbocycles. The van der Waals surface area contributed by atoms with Gasteiger partial charge < -0.3 is 14.5 Å². The van der Waals surface area contributed by atoms with Crippen LogP contribution in [0.2, 0.25) is 0 Å². The van der Waals surface area contributed by atoms with Crippen molar-refractivity contribution in [2.24, 2.45) is 0 Å². The maximum Gasteiger partial charge on any atom is 0.329 e. The highest BCUT2D eigenvalue weighted by molar-refractivity contribution is 7.50. The Morgan fingerprint density at radius 1 is 0.947 bits per heavy atom. The molecule has 0 heterocycles. The van der Waals surface area contributed by atoms with E-state index in [1.807, 2.05) is 36.4 Å². The summed E-state index contributed by atoms with van der Waals surface area (Å²) in [7, 11) is -2.38. The monoisotopic (exact) mass is 278 g/mol. The third-order valence-electron chi connectivity index (χ3n) is 2.77. The quantitative estimate of drug-likeness (QED) is 0.843. The van der Waals surface area contributed by atoms with Crippen molar-refractivity contribution in [3.8, 4) is 16.9 Å². The summed E-state index contributed by atoms with van der Waals surface area (Å²) in [6, 6.07) is 14.8. The third-order valence-corrected chi connectivity index (χ3v) is 3.54. The summed E-state index contributed by atoms with van der Waals surface area (Å²) >= 11 is 0. The highest BCUT2D eigenvalue weighted by atomic mass is 31.2. The molecule has 19 heavy (non-hydrogen) atoms. The second-order valence-electron chi connectivity index (χ2n) is 4.25. The normalized spacial score (nSPS) is 11.3. The van der Waals surface area contributed by atoms with Gasteiger partial charge in [0.1, 0.15) is 5.75 Å². The largest absolute Gasteiger partial charge is 0.497 e. The lowest BCUT2D eigenvalue weighted by Gasteiger charge is -2.06. The highest BCUT2D eigenvalue weighted by Crippen LogP contribution is 2.39. The minimum absolute atomic E-state index is 0.226. The van der Waals surface area contributed by atoms with Crippen molar-refractivity contribution < 1.29 is 19.1 Å². The van der Waals surface area contributed by atoms with Gasteiger partial charge in [0, 0.05) is 0 Å². The number of rotatable bonds is 4. The van der Waals surface area contributed by atoms with Crippen molar-refractivity contribution in [1.29, 1.82) is 0 Å². The standard InChI is InChI=1S/C14H15O4P/c1-18-14-8-6-13(7-9-14)12-4-2-11(3-5-12)10-19(15,16)17/h2-9H,10H2,1H3,(H2,15,16,17). The van der Waals surface area contributed by atoms with Crippen LogP contribution in [-0.4, -0.2) is 16.9 Å². The van der Waals surface area contributed by atoms with E-state index in [0.29, 0.717) is 5.56 Å². The molecule has 0 bridgehead atoms. The summed E-state index contributed by atoms with van der Waals surface area (Å²) in [6.07, 6.45) is -0.226. The molecule has 0 saturated carbocycles. The second kappa shape index (κ2) is 5.57. The molecule has 2 aromatic rings. The Morgan fingerprint density at radius 2 is 1.42 bits per heavy atom. The van der Waals surface area contributed by atoms with Crippen molar-refractivity contribution in [2.45, 2.75) is 6.16 Å². The molecule has 0 saturated heterocycles. The van der Waals surface area contributed by atoms with Crippen LogP contribution in [0.4, 0.5) is 0 Å². The lowest BCUT2D eigenvalue weighted by Crippen LogP contribution is -1.87. The molecule has 0 unspecified atom stereocenters. The molecule has 2 rings (SSSR count). The van der Waals surface area contributed by atoms with Gasteiger partial charge in [0.25, 0.3) is 0 Å². The van der Waals surface area contributed by atoms with Gasteiger partial charge in [0.05, 0.1) is 13.3 Å². The predicted octanol–water partition coefficient (Wildman–Crippen LogP) is 3.04. The Balaban J connectivity index is 2.19. The van der Waals surface area contributed by atoms with E-state index in [2.05, 4.69) is 0 Å². The molecule has 0 aromatic heterocycles. The first kappa shape index (κ1) is 13.8. The summed E-state index contributed by atoms with van der Waals surface area (Å²) in [5.41, 5.74) is 2.66. The zero-order valence-corrected chi connectivity index (χ0v) is 11.4. The zero-order valence-electron chi connectivity index (χ0n) is 10.5. The van der Waals surface area contributed by atoms with Crippen molar-refractivity contribution in [2.75, 3.05) is 7.11 Å². The van der Waals surface area contributed by atoms with Gasteiger partial charge in [-0.25, -0.2) is 0 Å². The zero-order chi connectivity index (χ0) is 13.9. The highest BCUT2D eigenvalue weighted by Gasteiger charge is 2.13. The van der Waals surface area contributed by atoms with Crippen molar-refractivity contribution >= 4 is 7.60 Å². The molecular formula is C14H15O4P.